The summed E-state index contributed by atoms with van der Waals surface area (Å²) in [6.45, 7) is 5.23. The smallest absolute Gasteiger partial charge is 0.227 e. The number of carbonyl (C=O) groups is 1. The number of nitrogens with zero attached hydrogens (tertiary/aromatic N) is 4. The lowest BCUT2D eigenvalue weighted by molar-refractivity contribution is -0.130. The van der Waals surface area contributed by atoms with Crippen LogP contribution in [0.5, 0.6) is 0 Å². The Bertz CT molecular complexity index is 612. The van der Waals surface area contributed by atoms with Crippen LogP contribution in [0.3, 0.4) is 0 Å². The van der Waals surface area contributed by atoms with Gasteiger partial charge in [-0.1, -0.05) is 6.07 Å². The fourth-order valence-corrected chi connectivity index (χ4v) is 3.33. The zero-order chi connectivity index (χ0) is 15.4. The lowest BCUT2D eigenvalue weighted by Crippen LogP contribution is -2.36. The zero-order valence-corrected chi connectivity index (χ0v) is 13.6. The number of aryl methyl sites for hydroxylation is 1. The number of hydrogen-bond donors (Lipinski definition) is 0. The summed E-state index contributed by atoms with van der Waals surface area (Å²) in [6, 6.07) is 8.00. The minimum atomic E-state index is 0.222. The van der Waals surface area contributed by atoms with Gasteiger partial charge in [0.15, 0.2) is 5.82 Å². The molecule has 0 spiro atoms. The van der Waals surface area contributed by atoms with Crippen molar-refractivity contribution >= 4 is 23.1 Å². The molecule has 0 saturated carbocycles. The molecule has 1 fully saturated rings. The number of thiophene rings is 1. The zero-order valence-electron chi connectivity index (χ0n) is 12.7. The highest BCUT2D eigenvalue weighted by Crippen LogP contribution is 2.15. The molecule has 22 heavy (non-hydrogen) atoms. The third-order valence-corrected chi connectivity index (χ3v) is 4.74. The molecule has 0 radical (unpaired) electrons. The Morgan fingerprint density at radius 2 is 2.09 bits per heavy atom. The van der Waals surface area contributed by atoms with E-state index in [1.165, 1.54) is 0 Å². The van der Waals surface area contributed by atoms with E-state index < -0.39 is 0 Å². The molecular weight excluding hydrogens is 296 g/mol. The average Bonchev–Trinajstić information content (AvgIpc) is 2.90. The maximum absolute atomic E-state index is 12.4. The second-order valence-corrected chi connectivity index (χ2v) is 6.54. The van der Waals surface area contributed by atoms with Gasteiger partial charge in [-0.15, -0.1) is 16.4 Å². The van der Waals surface area contributed by atoms with E-state index in [0.717, 1.165) is 49.0 Å². The van der Waals surface area contributed by atoms with Crippen LogP contribution in [0, 0.1) is 6.92 Å². The minimum Gasteiger partial charge on any atom is -0.353 e. The number of anilines is 1. The maximum Gasteiger partial charge on any atom is 0.227 e. The number of aromatic nitrogens is 2. The molecule has 0 bridgehead atoms. The molecule has 0 atom stereocenters. The molecule has 2 aromatic heterocycles. The van der Waals surface area contributed by atoms with Gasteiger partial charge in [0.1, 0.15) is 0 Å². The standard InChI is InChI=1S/C16H20N4OS/c1-13-5-6-15(18-17-13)19-7-3-8-20(10-9-19)16(21)12-14-4-2-11-22-14/h2,4-6,11H,3,7-10,12H2,1H3. The Morgan fingerprint density at radius 1 is 1.18 bits per heavy atom. The molecule has 0 N–H and O–H groups in total. The molecule has 1 aliphatic rings. The van der Waals surface area contributed by atoms with Crippen LogP contribution in [-0.4, -0.2) is 47.2 Å². The molecule has 6 heteroatoms. The maximum atomic E-state index is 12.4. The highest BCUT2D eigenvalue weighted by Gasteiger charge is 2.20. The number of carbonyl (C=O) groups excluding carboxylic acids is 1. The van der Waals surface area contributed by atoms with Crippen LogP contribution in [0.15, 0.2) is 29.6 Å². The third kappa shape index (κ3) is 3.62. The summed E-state index contributed by atoms with van der Waals surface area (Å²) in [5, 5.41) is 10.4. The van der Waals surface area contributed by atoms with E-state index in [-0.39, 0.29) is 5.91 Å². The van der Waals surface area contributed by atoms with Gasteiger partial charge in [0.05, 0.1) is 12.1 Å². The quantitative estimate of drug-likeness (QED) is 0.870. The Hall–Kier alpha value is -1.95. The average molecular weight is 316 g/mol. The molecular formula is C16H20N4OS. The van der Waals surface area contributed by atoms with Crippen molar-refractivity contribution in [2.24, 2.45) is 0 Å². The highest BCUT2D eigenvalue weighted by molar-refractivity contribution is 7.10. The topological polar surface area (TPSA) is 49.3 Å². The second-order valence-electron chi connectivity index (χ2n) is 5.51. The molecule has 5 nitrogen and oxygen atoms in total. The van der Waals surface area contributed by atoms with Crippen molar-refractivity contribution < 1.29 is 4.79 Å². The molecule has 0 unspecified atom stereocenters. The Labute approximate surface area is 134 Å². The first-order valence-electron chi connectivity index (χ1n) is 7.58. The van der Waals surface area contributed by atoms with Gasteiger partial charge in [-0.25, -0.2) is 0 Å². The van der Waals surface area contributed by atoms with Crippen molar-refractivity contribution in [2.75, 3.05) is 31.1 Å². The summed E-state index contributed by atoms with van der Waals surface area (Å²) in [5.41, 5.74) is 0.923. The summed E-state index contributed by atoms with van der Waals surface area (Å²) in [6.07, 6.45) is 1.48. The molecule has 1 amide bonds. The molecule has 0 aliphatic carbocycles. The summed E-state index contributed by atoms with van der Waals surface area (Å²) in [4.78, 5) is 17.7. The summed E-state index contributed by atoms with van der Waals surface area (Å²) >= 11 is 1.64. The molecule has 116 valence electrons. The van der Waals surface area contributed by atoms with Crippen LogP contribution in [0.25, 0.3) is 0 Å². The Kier molecular flexibility index (Phi) is 4.68. The van der Waals surface area contributed by atoms with E-state index in [4.69, 9.17) is 0 Å². The van der Waals surface area contributed by atoms with E-state index in [2.05, 4.69) is 15.1 Å². The lowest BCUT2D eigenvalue weighted by atomic mass is 10.3. The van der Waals surface area contributed by atoms with Crippen LogP contribution in [-0.2, 0) is 11.2 Å². The summed E-state index contributed by atoms with van der Waals surface area (Å²) in [5.74, 6) is 1.12. The van der Waals surface area contributed by atoms with Crippen molar-refractivity contribution in [1.29, 1.82) is 0 Å². The van der Waals surface area contributed by atoms with Crippen LogP contribution in [0.2, 0.25) is 0 Å². The van der Waals surface area contributed by atoms with Crippen LogP contribution >= 0.6 is 11.3 Å². The first-order chi connectivity index (χ1) is 10.7. The van der Waals surface area contributed by atoms with Gasteiger partial charge in [0.2, 0.25) is 5.91 Å². The number of amides is 1. The van der Waals surface area contributed by atoms with Crippen LogP contribution in [0.1, 0.15) is 17.0 Å². The number of hydrogen-bond acceptors (Lipinski definition) is 5. The minimum absolute atomic E-state index is 0.222. The van der Waals surface area contributed by atoms with Gasteiger partial charge in [-0.05, 0) is 36.9 Å². The fraction of sp³-hybridized carbons (Fsp3) is 0.438. The molecule has 1 aliphatic heterocycles. The van der Waals surface area contributed by atoms with Crippen molar-refractivity contribution in [3.63, 3.8) is 0 Å². The van der Waals surface area contributed by atoms with Crippen molar-refractivity contribution in [1.82, 2.24) is 15.1 Å². The van der Waals surface area contributed by atoms with Gasteiger partial charge < -0.3 is 9.80 Å². The molecule has 0 aromatic carbocycles. The van der Waals surface area contributed by atoms with Crippen molar-refractivity contribution in [2.45, 2.75) is 19.8 Å². The normalized spacial score (nSPS) is 15.7. The highest BCUT2D eigenvalue weighted by atomic mass is 32.1. The van der Waals surface area contributed by atoms with Crippen molar-refractivity contribution in [3.8, 4) is 0 Å². The van der Waals surface area contributed by atoms with Crippen molar-refractivity contribution in [3.05, 3.63) is 40.2 Å². The Morgan fingerprint density at radius 3 is 2.82 bits per heavy atom. The van der Waals surface area contributed by atoms with Crippen LogP contribution in [0.4, 0.5) is 5.82 Å². The molecule has 2 aromatic rings. The van der Waals surface area contributed by atoms with E-state index >= 15 is 0 Å². The third-order valence-electron chi connectivity index (χ3n) is 3.86. The molecule has 3 rings (SSSR count). The monoisotopic (exact) mass is 316 g/mol. The van der Waals surface area contributed by atoms with E-state index in [9.17, 15) is 4.79 Å². The van der Waals surface area contributed by atoms with Gasteiger partial charge in [0.25, 0.3) is 0 Å². The molecule has 3 heterocycles. The predicted octanol–water partition coefficient (Wildman–Crippen LogP) is 2.13. The van der Waals surface area contributed by atoms with Gasteiger partial charge in [0, 0.05) is 31.1 Å². The number of rotatable bonds is 3. The largest absolute Gasteiger partial charge is 0.353 e. The van der Waals surface area contributed by atoms with E-state index in [1.807, 2.05) is 41.5 Å². The van der Waals surface area contributed by atoms with Gasteiger partial charge in [-0.2, -0.15) is 5.10 Å². The first kappa shape index (κ1) is 15.0. The van der Waals surface area contributed by atoms with Crippen LogP contribution < -0.4 is 4.90 Å². The van der Waals surface area contributed by atoms with E-state index in [0.29, 0.717) is 6.42 Å². The van der Waals surface area contributed by atoms with E-state index in [1.54, 1.807) is 11.3 Å². The van der Waals surface area contributed by atoms with Gasteiger partial charge >= 0.3 is 0 Å². The molecule has 1 saturated heterocycles. The summed E-state index contributed by atoms with van der Waals surface area (Å²) < 4.78 is 0. The first-order valence-corrected chi connectivity index (χ1v) is 8.46. The Balaban J connectivity index is 1.59. The second kappa shape index (κ2) is 6.87. The summed E-state index contributed by atoms with van der Waals surface area (Å²) in [7, 11) is 0. The predicted molar refractivity (Wildman–Crippen MR) is 88.2 cm³/mol. The lowest BCUT2D eigenvalue weighted by Gasteiger charge is -2.22. The SMILES string of the molecule is Cc1ccc(N2CCCN(C(=O)Cc3cccs3)CC2)nn1. The fourth-order valence-electron chi connectivity index (χ4n) is 2.63. The van der Waals surface area contributed by atoms with Gasteiger partial charge in [-0.3, -0.25) is 4.79 Å².